The van der Waals surface area contributed by atoms with Crippen LogP contribution in [0.5, 0.6) is 0 Å². The van der Waals surface area contributed by atoms with E-state index in [0.717, 1.165) is 4.31 Å². The number of alkyl halides is 1. The molecule has 8 atom stereocenters. The molecule has 92 valence electrons. The number of hydrogen-bond acceptors (Lipinski definition) is 0. The third-order valence-electron chi connectivity index (χ3n) is 15.9. The molecule has 0 aliphatic carbocycles. The van der Waals surface area contributed by atoms with E-state index in [2.05, 4.69) is 30.3 Å². The van der Waals surface area contributed by atoms with E-state index in [1.807, 2.05) is 0 Å². The van der Waals surface area contributed by atoms with E-state index in [9.17, 15) is 0 Å². The van der Waals surface area contributed by atoms with E-state index >= 15 is 0 Å². The standard InChI is InChI=1S/C11H9.C5H4Cl.Fe/c1-2-6-10(7-3-1)11-8-4-5-9-11;6-5-3-1-2-4-5;/h1-9H;1-4H;. The Morgan fingerprint density at radius 2 is 1.39 bits per heavy atom. The third kappa shape index (κ3) is 0.0628. The number of hydrogen-bond donors (Lipinski definition) is 0. The average molecular weight is 297 g/mol. The molecule has 0 saturated carbocycles. The van der Waals surface area contributed by atoms with Gasteiger partial charge in [-0.3, -0.25) is 0 Å². The SMILES string of the molecule is Cl[C]12[CH]3[CH]4[CH]5[CH]1[Fe]45321678[CH]2[CH]1[CH]6[C]7(c1ccccc1)[CH]28. The van der Waals surface area contributed by atoms with Gasteiger partial charge in [-0.05, 0) is 0 Å². The normalized spacial score (nSPS) is 117. The van der Waals surface area contributed by atoms with Gasteiger partial charge in [0.15, 0.2) is 0 Å². The summed E-state index contributed by atoms with van der Waals surface area (Å²) >= 11 is 7.42. The van der Waals surface area contributed by atoms with Crippen molar-refractivity contribution in [1.82, 2.24) is 0 Å². The van der Waals surface area contributed by atoms with Crippen LogP contribution in [0.15, 0.2) is 30.3 Å². The van der Waals surface area contributed by atoms with Crippen molar-refractivity contribution in [1.29, 1.82) is 0 Å². The molecule has 1 spiro atoms. The van der Waals surface area contributed by atoms with Crippen LogP contribution in [0.25, 0.3) is 0 Å². The molecule has 1 aromatic carbocycles. The van der Waals surface area contributed by atoms with Crippen molar-refractivity contribution >= 4 is 11.6 Å². The maximum atomic E-state index is 7.42. The summed E-state index contributed by atoms with van der Waals surface area (Å²) in [5, 5.41) is 0. The van der Waals surface area contributed by atoms with Gasteiger partial charge in [-0.1, -0.05) is 0 Å². The molecular weight excluding hydrogens is 283 g/mol. The van der Waals surface area contributed by atoms with Crippen molar-refractivity contribution in [2.45, 2.75) is 46.6 Å². The summed E-state index contributed by atoms with van der Waals surface area (Å²) in [7, 11) is 0. The minimum absolute atomic E-state index is 0.532. The van der Waals surface area contributed by atoms with Gasteiger partial charge < -0.3 is 0 Å². The van der Waals surface area contributed by atoms with E-state index in [4.69, 9.17) is 11.6 Å². The molecule has 18 heavy (non-hydrogen) atoms. The second-order valence-corrected chi connectivity index (χ2v) is 35.2. The van der Waals surface area contributed by atoms with Gasteiger partial charge in [0.2, 0.25) is 0 Å². The summed E-state index contributed by atoms with van der Waals surface area (Å²) in [5.74, 6) is 0. The van der Waals surface area contributed by atoms with E-state index < -0.39 is 6.51 Å². The fourth-order valence-corrected chi connectivity index (χ4v) is 97.7. The first-order chi connectivity index (χ1) is 8.54. The molecule has 0 radical (unpaired) electrons. The molecule has 0 aromatic heterocycles. The Morgan fingerprint density at radius 1 is 0.833 bits per heavy atom. The van der Waals surface area contributed by atoms with Gasteiger partial charge in [-0.25, -0.2) is 0 Å². The van der Waals surface area contributed by atoms with Gasteiger partial charge in [-0.2, -0.15) is 0 Å². The molecule has 10 aliphatic rings. The molecule has 10 aliphatic heterocycles. The molecule has 10 heterocycles. The predicted octanol–water partition coefficient (Wildman–Crippen LogP) is 4.63. The number of benzene rings is 1. The summed E-state index contributed by atoms with van der Waals surface area (Å²) < 4.78 is 1.35. The van der Waals surface area contributed by atoms with Crippen LogP contribution in [0, 0.1) is 0 Å². The van der Waals surface area contributed by atoms with Crippen molar-refractivity contribution in [3.8, 4) is 0 Å². The third-order valence-corrected chi connectivity index (χ3v) is 61.6. The summed E-state index contributed by atoms with van der Waals surface area (Å²) in [4.78, 5) is 10.1. The van der Waals surface area contributed by atoms with E-state index in [0.29, 0.717) is 3.77 Å². The zero-order chi connectivity index (χ0) is 11.0. The quantitative estimate of drug-likeness (QED) is 0.523. The molecule has 11 rings (SSSR count). The minimum atomic E-state index is -3.21. The van der Waals surface area contributed by atoms with Crippen molar-refractivity contribution in [3.05, 3.63) is 35.9 Å². The van der Waals surface area contributed by atoms with Gasteiger partial charge in [0.05, 0.1) is 0 Å². The molecule has 8 unspecified atom stereocenters. The summed E-state index contributed by atoms with van der Waals surface area (Å²) in [6, 6.07) is 11.8. The molecule has 0 nitrogen and oxygen atoms in total. The summed E-state index contributed by atoms with van der Waals surface area (Å²) in [6.45, 7) is -3.21. The van der Waals surface area contributed by atoms with Gasteiger partial charge in [0.1, 0.15) is 0 Å². The second kappa shape index (κ2) is 0.552. The zero-order valence-electron chi connectivity index (χ0n) is 9.74. The molecule has 10 fully saturated rings. The molecular formula is C16H13ClFe. The predicted molar refractivity (Wildman–Crippen MR) is 66.7 cm³/mol. The molecule has 2 heteroatoms. The van der Waals surface area contributed by atoms with E-state index in [-0.39, 0.29) is 0 Å². The molecule has 0 amide bonds. The van der Waals surface area contributed by atoms with Gasteiger partial charge in [0, 0.05) is 0 Å². The van der Waals surface area contributed by atoms with Gasteiger partial charge >= 0.3 is 101 Å². The summed E-state index contributed by atoms with van der Waals surface area (Å²) in [5.41, 5.74) is 1.79. The van der Waals surface area contributed by atoms with Crippen LogP contribution in [0.2, 0.25) is 38.5 Å². The maximum absolute atomic E-state index is 7.42. The Hall–Kier alpha value is 0.0295. The van der Waals surface area contributed by atoms with Crippen molar-refractivity contribution < 1.29 is 6.51 Å². The summed E-state index contributed by atoms with van der Waals surface area (Å²) in [6.07, 6.45) is 0. The average Bonchev–Trinajstić information content (AvgIpc) is 3.34. The Balaban J connectivity index is 1.64. The van der Waals surface area contributed by atoms with Crippen LogP contribution in [0.3, 0.4) is 0 Å². The topological polar surface area (TPSA) is 0 Å². The van der Waals surface area contributed by atoms with Crippen LogP contribution in [0.1, 0.15) is 5.56 Å². The van der Waals surface area contributed by atoms with Crippen molar-refractivity contribution in [2.75, 3.05) is 0 Å². The van der Waals surface area contributed by atoms with Crippen molar-refractivity contribution in [3.63, 3.8) is 0 Å². The second-order valence-electron chi connectivity index (χ2n) is 11.0. The van der Waals surface area contributed by atoms with Crippen molar-refractivity contribution in [2.24, 2.45) is 0 Å². The Labute approximate surface area is 100 Å². The Morgan fingerprint density at radius 3 is 1.72 bits per heavy atom. The number of fused-ring (bicyclic) bond motifs is 10. The molecule has 0 N–H and O–H groups in total. The number of rotatable bonds is 1. The first kappa shape index (κ1) is 6.66. The van der Waals surface area contributed by atoms with Crippen LogP contribution < -0.4 is 0 Å². The van der Waals surface area contributed by atoms with Crippen LogP contribution in [0.4, 0.5) is 0 Å². The Bertz CT molecular complexity index is 1180. The van der Waals surface area contributed by atoms with Gasteiger partial charge in [0.25, 0.3) is 0 Å². The number of halogens is 1. The van der Waals surface area contributed by atoms with E-state index in [1.165, 1.54) is 38.5 Å². The molecule has 1 aromatic rings. The van der Waals surface area contributed by atoms with Crippen LogP contribution in [-0.4, -0.2) is 3.77 Å². The molecule has 10 saturated heterocycles. The molecule has 0 bridgehead atoms. The fraction of sp³-hybridized carbons (Fsp3) is 0.625. The van der Waals surface area contributed by atoms with Crippen LogP contribution in [-0.2, 0) is 10.8 Å². The first-order valence-electron chi connectivity index (χ1n) is 7.49. The zero-order valence-corrected chi connectivity index (χ0v) is 11.6. The fourth-order valence-electron chi connectivity index (χ4n) is 17.7. The Kier molecular flexibility index (Phi) is 0.204. The van der Waals surface area contributed by atoms with E-state index in [1.54, 1.807) is 5.56 Å². The van der Waals surface area contributed by atoms with Gasteiger partial charge in [-0.15, -0.1) is 0 Å². The monoisotopic (exact) mass is 296 g/mol. The van der Waals surface area contributed by atoms with Crippen LogP contribution >= 0.6 is 11.6 Å². The first-order valence-corrected chi connectivity index (χ1v) is 14.1.